The molecule has 1 unspecified atom stereocenters. The smallest absolute Gasteiger partial charge is 0.270 e. The SMILES string of the molecule is Cl.O=C(NCC1CCCN1)c1cc([N+](=O)[O-])ccc1Sc1ccccc1. The average Bonchev–Trinajstić information content (AvgIpc) is 3.14. The molecule has 1 fully saturated rings. The van der Waals surface area contributed by atoms with Crippen LogP contribution in [0.1, 0.15) is 23.2 Å². The molecule has 0 spiro atoms. The number of amides is 1. The molecule has 1 aliphatic rings. The van der Waals surface area contributed by atoms with Crippen molar-refractivity contribution >= 4 is 35.8 Å². The normalized spacial score (nSPS) is 15.9. The van der Waals surface area contributed by atoms with Gasteiger partial charge in [-0.05, 0) is 37.6 Å². The first kappa shape index (κ1) is 20.2. The molecule has 2 N–H and O–H groups in total. The predicted octanol–water partition coefficient (Wildman–Crippen LogP) is 3.65. The highest BCUT2D eigenvalue weighted by atomic mass is 35.5. The third kappa shape index (κ3) is 5.20. The van der Waals surface area contributed by atoms with Crippen molar-refractivity contribution in [3.63, 3.8) is 0 Å². The summed E-state index contributed by atoms with van der Waals surface area (Å²) in [6.45, 7) is 1.49. The zero-order chi connectivity index (χ0) is 17.6. The fourth-order valence-electron chi connectivity index (χ4n) is 2.76. The number of halogens is 1. The second-order valence-electron chi connectivity index (χ2n) is 5.86. The van der Waals surface area contributed by atoms with Crippen LogP contribution in [0.15, 0.2) is 58.3 Å². The highest BCUT2D eigenvalue weighted by Gasteiger charge is 2.20. The molecule has 1 amide bonds. The van der Waals surface area contributed by atoms with Gasteiger partial charge in [-0.1, -0.05) is 30.0 Å². The molecule has 0 saturated carbocycles. The number of carbonyl (C=O) groups excluding carboxylic acids is 1. The maximum absolute atomic E-state index is 12.6. The topological polar surface area (TPSA) is 84.3 Å². The van der Waals surface area contributed by atoms with Crippen molar-refractivity contribution < 1.29 is 9.72 Å². The van der Waals surface area contributed by atoms with E-state index in [1.54, 1.807) is 6.07 Å². The van der Waals surface area contributed by atoms with Crippen LogP contribution in [-0.4, -0.2) is 30.0 Å². The van der Waals surface area contributed by atoms with Crippen LogP contribution in [0.25, 0.3) is 0 Å². The minimum Gasteiger partial charge on any atom is -0.350 e. The first-order chi connectivity index (χ1) is 12.1. The summed E-state index contributed by atoms with van der Waals surface area (Å²) in [5, 5.41) is 17.3. The number of benzene rings is 2. The van der Waals surface area contributed by atoms with Gasteiger partial charge in [-0.25, -0.2) is 0 Å². The van der Waals surface area contributed by atoms with Gasteiger partial charge in [-0.3, -0.25) is 14.9 Å². The van der Waals surface area contributed by atoms with Crippen LogP contribution < -0.4 is 10.6 Å². The minimum atomic E-state index is -0.480. The minimum absolute atomic E-state index is 0. The Morgan fingerprint density at radius 3 is 2.69 bits per heavy atom. The number of carbonyl (C=O) groups is 1. The van der Waals surface area contributed by atoms with Crippen molar-refractivity contribution in [1.82, 2.24) is 10.6 Å². The van der Waals surface area contributed by atoms with E-state index in [0.717, 1.165) is 24.3 Å². The van der Waals surface area contributed by atoms with Crippen molar-refractivity contribution in [3.05, 3.63) is 64.2 Å². The number of nitrogens with one attached hydrogen (secondary N) is 2. The van der Waals surface area contributed by atoms with E-state index in [2.05, 4.69) is 10.6 Å². The van der Waals surface area contributed by atoms with E-state index in [1.807, 2.05) is 30.3 Å². The first-order valence-corrected chi connectivity index (χ1v) is 8.98. The summed E-state index contributed by atoms with van der Waals surface area (Å²) in [6, 6.07) is 14.3. The first-order valence-electron chi connectivity index (χ1n) is 8.16. The van der Waals surface area contributed by atoms with Gasteiger partial charge in [0.1, 0.15) is 0 Å². The summed E-state index contributed by atoms with van der Waals surface area (Å²) in [5.41, 5.74) is 0.252. The molecule has 1 heterocycles. The monoisotopic (exact) mass is 393 g/mol. The Morgan fingerprint density at radius 1 is 1.27 bits per heavy atom. The Morgan fingerprint density at radius 2 is 2.04 bits per heavy atom. The van der Waals surface area contributed by atoms with E-state index >= 15 is 0 Å². The number of nitrogens with zero attached hydrogens (tertiary/aromatic N) is 1. The molecule has 1 aliphatic heterocycles. The zero-order valence-corrected chi connectivity index (χ0v) is 15.6. The maximum atomic E-state index is 12.6. The van der Waals surface area contributed by atoms with E-state index < -0.39 is 4.92 Å². The lowest BCUT2D eigenvalue weighted by atomic mass is 10.1. The zero-order valence-electron chi connectivity index (χ0n) is 14.0. The quantitative estimate of drug-likeness (QED) is 0.578. The van der Waals surface area contributed by atoms with Crippen LogP contribution >= 0.6 is 24.2 Å². The van der Waals surface area contributed by atoms with Gasteiger partial charge >= 0.3 is 0 Å². The lowest BCUT2D eigenvalue weighted by molar-refractivity contribution is -0.384. The van der Waals surface area contributed by atoms with Gasteiger partial charge < -0.3 is 10.6 Å². The molecule has 1 atom stereocenters. The molecule has 2 aromatic rings. The Labute approximate surface area is 162 Å². The van der Waals surface area contributed by atoms with Gasteiger partial charge in [-0.2, -0.15) is 0 Å². The van der Waals surface area contributed by atoms with E-state index in [9.17, 15) is 14.9 Å². The van der Waals surface area contributed by atoms with Crippen LogP contribution in [0.3, 0.4) is 0 Å². The second-order valence-corrected chi connectivity index (χ2v) is 6.97. The number of nitro groups is 1. The molecule has 26 heavy (non-hydrogen) atoms. The molecular weight excluding hydrogens is 374 g/mol. The lowest BCUT2D eigenvalue weighted by Gasteiger charge is -2.13. The molecule has 2 aromatic carbocycles. The van der Waals surface area contributed by atoms with Crippen LogP contribution in [0, 0.1) is 10.1 Å². The number of rotatable bonds is 6. The van der Waals surface area contributed by atoms with Gasteiger partial charge in [-0.15, -0.1) is 12.4 Å². The fraction of sp³-hybridized carbons (Fsp3) is 0.278. The average molecular weight is 394 g/mol. The summed E-state index contributed by atoms with van der Waals surface area (Å²) >= 11 is 1.42. The van der Waals surface area contributed by atoms with E-state index in [4.69, 9.17) is 0 Å². The number of hydrogen-bond acceptors (Lipinski definition) is 5. The van der Waals surface area contributed by atoms with E-state index in [1.165, 1.54) is 23.9 Å². The molecule has 138 valence electrons. The van der Waals surface area contributed by atoms with Gasteiger partial charge in [0.2, 0.25) is 0 Å². The lowest BCUT2D eigenvalue weighted by Crippen LogP contribution is -2.37. The standard InChI is InChI=1S/C18H19N3O3S.ClH/c22-18(20-12-13-5-4-10-19-13)16-11-14(21(23)24)8-9-17(16)25-15-6-2-1-3-7-15;/h1-3,6-9,11,13,19H,4-5,10,12H2,(H,20,22);1H. The highest BCUT2D eigenvalue weighted by molar-refractivity contribution is 7.99. The molecule has 0 radical (unpaired) electrons. The van der Waals surface area contributed by atoms with E-state index in [-0.39, 0.29) is 30.0 Å². The van der Waals surface area contributed by atoms with Crippen LogP contribution in [0.5, 0.6) is 0 Å². The van der Waals surface area contributed by atoms with Gasteiger partial charge in [0, 0.05) is 34.5 Å². The number of non-ortho nitro benzene ring substituents is 1. The number of nitro benzene ring substituents is 1. The summed E-state index contributed by atoms with van der Waals surface area (Å²) in [6.07, 6.45) is 2.13. The van der Waals surface area contributed by atoms with Crippen LogP contribution in [0.2, 0.25) is 0 Å². The summed E-state index contributed by atoms with van der Waals surface area (Å²) < 4.78 is 0. The molecule has 3 rings (SSSR count). The summed E-state index contributed by atoms with van der Waals surface area (Å²) in [7, 11) is 0. The van der Waals surface area contributed by atoms with Gasteiger partial charge in [0.25, 0.3) is 11.6 Å². The molecular formula is C18H20ClN3O3S. The second kappa shape index (κ2) is 9.56. The molecule has 8 heteroatoms. The van der Waals surface area contributed by atoms with Gasteiger partial charge in [0.15, 0.2) is 0 Å². The Hall–Kier alpha value is -2.09. The Balaban J connectivity index is 0.00000243. The fourth-order valence-corrected chi connectivity index (χ4v) is 3.70. The van der Waals surface area contributed by atoms with Crippen LogP contribution in [0.4, 0.5) is 5.69 Å². The molecule has 0 aliphatic carbocycles. The van der Waals surface area contributed by atoms with E-state index in [0.29, 0.717) is 17.0 Å². The molecule has 0 bridgehead atoms. The van der Waals surface area contributed by atoms with Crippen molar-refractivity contribution in [3.8, 4) is 0 Å². The third-order valence-electron chi connectivity index (χ3n) is 4.06. The van der Waals surface area contributed by atoms with Gasteiger partial charge in [0.05, 0.1) is 10.5 Å². The maximum Gasteiger partial charge on any atom is 0.270 e. The van der Waals surface area contributed by atoms with Crippen molar-refractivity contribution in [2.75, 3.05) is 13.1 Å². The number of hydrogen-bond donors (Lipinski definition) is 2. The Bertz CT molecular complexity index is 768. The molecule has 1 saturated heterocycles. The van der Waals surface area contributed by atoms with Crippen molar-refractivity contribution in [2.24, 2.45) is 0 Å². The predicted molar refractivity (Wildman–Crippen MR) is 104 cm³/mol. The Kier molecular flexibility index (Phi) is 7.44. The molecule has 0 aromatic heterocycles. The largest absolute Gasteiger partial charge is 0.350 e. The molecule has 6 nitrogen and oxygen atoms in total. The van der Waals surface area contributed by atoms with Crippen molar-refractivity contribution in [1.29, 1.82) is 0 Å². The summed E-state index contributed by atoms with van der Waals surface area (Å²) in [4.78, 5) is 24.9. The van der Waals surface area contributed by atoms with Crippen LogP contribution in [-0.2, 0) is 0 Å². The van der Waals surface area contributed by atoms with Crippen molar-refractivity contribution in [2.45, 2.75) is 28.7 Å². The summed E-state index contributed by atoms with van der Waals surface area (Å²) in [5.74, 6) is -0.282. The third-order valence-corrected chi connectivity index (χ3v) is 5.14. The highest BCUT2D eigenvalue weighted by Crippen LogP contribution is 2.32.